The van der Waals surface area contributed by atoms with Crippen LogP contribution in [0.25, 0.3) is 6.08 Å². The fourth-order valence-electron chi connectivity index (χ4n) is 1.89. The second kappa shape index (κ2) is 6.72. The van der Waals surface area contributed by atoms with Crippen LogP contribution in [0, 0.1) is 0 Å². The van der Waals surface area contributed by atoms with Crippen LogP contribution < -0.4 is 10.6 Å². The van der Waals surface area contributed by atoms with Crippen molar-refractivity contribution >= 4 is 23.8 Å². The van der Waals surface area contributed by atoms with Gasteiger partial charge in [-0.2, -0.15) is 0 Å². The summed E-state index contributed by atoms with van der Waals surface area (Å²) in [7, 11) is 0. The fourth-order valence-corrected chi connectivity index (χ4v) is 1.89. The second-order valence-electron chi connectivity index (χ2n) is 4.46. The maximum Gasteiger partial charge on any atom is 0.328 e. The highest BCUT2D eigenvalue weighted by Crippen LogP contribution is 2.12. The summed E-state index contributed by atoms with van der Waals surface area (Å²) in [4.78, 5) is 22.2. The van der Waals surface area contributed by atoms with Crippen LogP contribution in [0.2, 0.25) is 0 Å². The number of carbonyl (C=O) groups excluding carboxylic acids is 1. The van der Waals surface area contributed by atoms with Gasteiger partial charge in [-0.15, -0.1) is 0 Å². The molecule has 0 aliphatic carbocycles. The molecule has 6 nitrogen and oxygen atoms in total. The van der Waals surface area contributed by atoms with Crippen LogP contribution in [0.15, 0.2) is 30.3 Å². The fraction of sp³-hybridized carbons (Fsp3) is 0.286. The van der Waals surface area contributed by atoms with Crippen LogP contribution in [0.3, 0.4) is 0 Å². The Balaban J connectivity index is 1.93. The van der Waals surface area contributed by atoms with Crippen molar-refractivity contribution in [2.45, 2.75) is 12.5 Å². The average Bonchev–Trinajstić information content (AvgIpc) is 2.89. The van der Waals surface area contributed by atoms with Gasteiger partial charge in [0.2, 0.25) is 0 Å². The Morgan fingerprint density at radius 3 is 2.95 bits per heavy atom. The Kier molecular flexibility index (Phi) is 4.73. The molecule has 1 aliphatic heterocycles. The zero-order chi connectivity index (χ0) is 14.4. The van der Waals surface area contributed by atoms with E-state index < -0.39 is 5.97 Å². The Bertz CT molecular complexity index is 522. The number of aliphatic carboxylic acids is 1. The molecule has 1 aromatic rings. The van der Waals surface area contributed by atoms with Crippen LogP contribution in [0.5, 0.6) is 0 Å². The lowest BCUT2D eigenvalue weighted by Crippen LogP contribution is -2.38. The summed E-state index contributed by atoms with van der Waals surface area (Å²) in [6, 6.07) is 6.70. The molecular weight excluding hydrogens is 260 g/mol. The summed E-state index contributed by atoms with van der Waals surface area (Å²) in [5.41, 5.74) is 1.31. The van der Waals surface area contributed by atoms with Gasteiger partial charge in [0.1, 0.15) is 0 Å². The zero-order valence-electron chi connectivity index (χ0n) is 10.8. The van der Waals surface area contributed by atoms with E-state index >= 15 is 0 Å². The molecule has 1 aliphatic rings. The number of hydrogen-bond acceptors (Lipinski definition) is 3. The van der Waals surface area contributed by atoms with Crippen molar-refractivity contribution in [2.75, 3.05) is 18.5 Å². The number of carboxylic acid groups (broad SMARTS) is 1. The SMILES string of the molecule is O=C(O)/C=C/c1cccc(NC(=O)NC2CCOC2)c1. The van der Waals surface area contributed by atoms with Gasteiger partial charge in [0.25, 0.3) is 0 Å². The van der Waals surface area contributed by atoms with E-state index in [2.05, 4.69) is 10.6 Å². The standard InChI is InChI=1S/C14H16N2O4/c17-13(18)5-4-10-2-1-3-11(8-10)15-14(19)16-12-6-7-20-9-12/h1-5,8,12H,6-7,9H2,(H,17,18)(H2,15,16,19)/b5-4+. The molecule has 1 atom stereocenters. The van der Waals surface area contributed by atoms with Gasteiger partial charge in [-0.05, 0) is 30.2 Å². The molecule has 0 aromatic heterocycles. The van der Waals surface area contributed by atoms with Crippen molar-refractivity contribution in [3.63, 3.8) is 0 Å². The monoisotopic (exact) mass is 276 g/mol. The van der Waals surface area contributed by atoms with Crippen LogP contribution in [0.1, 0.15) is 12.0 Å². The van der Waals surface area contributed by atoms with E-state index in [0.717, 1.165) is 12.5 Å². The third-order valence-electron chi connectivity index (χ3n) is 2.83. The summed E-state index contributed by atoms with van der Waals surface area (Å²) in [6.07, 6.45) is 3.33. The van der Waals surface area contributed by atoms with Gasteiger partial charge in [-0.1, -0.05) is 12.1 Å². The van der Waals surface area contributed by atoms with E-state index in [-0.39, 0.29) is 12.1 Å². The largest absolute Gasteiger partial charge is 0.478 e. The quantitative estimate of drug-likeness (QED) is 0.730. The number of ether oxygens (including phenoxy) is 1. The Labute approximate surface area is 116 Å². The van der Waals surface area contributed by atoms with Crippen LogP contribution >= 0.6 is 0 Å². The number of benzene rings is 1. The van der Waals surface area contributed by atoms with E-state index in [1.54, 1.807) is 24.3 Å². The predicted molar refractivity (Wildman–Crippen MR) is 74.5 cm³/mol. The Morgan fingerprint density at radius 2 is 2.25 bits per heavy atom. The predicted octanol–water partition coefficient (Wildman–Crippen LogP) is 1.69. The minimum absolute atomic E-state index is 0.0464. The zero-order valence-corrected chi connectivity index (χ0v) is 10.8. The summed E-state index contributed by atoms with van der Waals surface area (Å²) >= 11 is 0. The highest BCUT2D eigenvalue weighted by atomic mass is 16.5. The lowest BCUT2D eigenvalue weighted by atomic mass is 10.2. The smallest absolute Gasteiger partial charge is 0.328 e. The minimum Gasteiger partial charge on any atom is -0.478 e. The molecule has 0 radical (unpaired) electrons. The molecule has 1 aromatic carbocycles. The van der Waals surface area contributed by atoms with E-state index in [1.165, 1.54) is 6.08 Å². The van der Waals surface area contributed by atoms with Crippen LogP contribution in [0.4, 0.5) is 10.5 Å². The molecular formula is C14H16N2O4. The maximum absolute atomic E-state index is 11.8. The second-order valence-corrected chi connectivity index (χ2v) is 4.46. The van der Waals surface area contributed by atoms with Crippen molar-refractivity contribution in [3.8, 4) is 0 Å². The van der Waals surface area contributed by atoms with E-state index in [4.69, 9.17) is 9.84 Å². The molecule has 106 valence electrons. The molecule has 1 fully saturated rings. The number of amides is 2. The summed E-state index contributed by atoms with van der Waals surface area (Å²) < 4.78 is 5.17. The molecule has 20 heavy (non-hydrogen) atoms. The molecule has 0 saturated carbocycles. The molecule has 6 heteroatoms. The third-order valence-corrected chi connectivity index (χ3v) is 2.83. The van der Waals surface area contributed by atoms with E-state index in [1.807, 2.05) is 0 Å². The van der Waals surface area contributed by atoms with Crippen LogP contribution in [-0.2, 0) is 9.53 Å². The first-order valence-corrected chi connectivity index (χ1v) is 6.30. The minimum atomic E-state index is -1.01. The number of anilines is 1. The first kappa shape index (κ1) is 14.1. The topological polar surface area (TPSA) is 87.7 Å². The van der Waals surface area contributed by atoms with Gasteiger partial charge in [-0.3, -0.25) is 0 Å². The van der Waals surface area contributed by atoms with Crippen molar-refractivity contribution in [1.82, 2.24) is 5.32 Å². The Hall–Kier alpha value is -2.34. The summed E-state index contributed by atoms with van der Waals surface area (Å²) in [5, 5.41) is 14.1. The first-order valence-electron chi connectivity index (χ1n) is 6.30. The lowest BCUT2D eigenvalue weighted by molar-refractivity contribution is -0.131. The normalized spacial score (nSPS) is 18.1. The highest BCUT2D eigenvalue weighted by Gasteiger charge is 2.17. The molecule has 1 heterocycles. The number of urea groups is 1. The van der Waals surface area contributed by atoms with Crippen LogP contribution in [-0.4, -0.2) is 36.4 Å². The lowest BCUT2D eigenvalue weighted by Gasteiger charge is -2.12. The van der Waals surface area contributed by atoms with Crippen molar-refractivity contribution < 1.29 is 19.4 Å². The summed E-state index contributed by atoms with van der Waals surface area (Å²) in [5.74, 6) is -1.01. The van der Waals surface area contributed by atoms with Gasteiger partial charge in [0.05, 0.1) is 12.6 Å². The van der Waals surface area contributed by atoms with Gasteiger partial charge in [0.15, 0.2) is 0 Å². The number of carbonyl (C=O) groups is 2. The van der Waals surface area contributed by atoms with Gasteiger partial charge in [-0.25, -0.2) is 9.59 Å². The van der Waals surface area contributed by atoms with E-state index in [9.17, 15) is 9.59 Å². The number of nitrogens with one attached hydrogen (secondary N) is 2. The number of rotatable bonds is 4. The maximum atomic E-state index is 11.8. The number of carboxylic acids is 1. The molecule has 0 spiro atoms. The average molecular weight is 276 g/mol. The van der Waals surface area contributed by atoms with Gasteiger partial charge < -0.3 is 20.5 Å². The van der Waals surface area contributed by atoms with Gasteiger partial charge >= 0.3 is 12.0 Å². The Morgan fingerprint density at radius 1 is 1.40 bits per heavy atom. The van der Waals surface area contributed by atoms with Gasteiger partial charge in [0, 0.05) is 18.4 Å². The van der Waals surface area contributed by atoms with Crippen molar-refractivity contribution in [2.24, 2.45) is 0 Å². The third kappa shape index (κ3) is 4.40. The molecule has 3 N–H and O–H groups in total. The van der Waals surface area contributed by atoms with Crippen molar-refractivity contribution in [1.29, 1.82) is 0 Å². The summed E-state index contributed by atoms with van der Waals surface area (Å²) in [6.45, 7) is 1.20. The molecule has 1 saturated heterocycles. The number of hydrogen-bond donors (Lipinski definition) is 3. The molecule has 2 rings (SSSR count). The van der Waals surface area contributed by atoms with Crippen molar-refractivity contribution in [3.05, 3.63) is 35.9 Å². The molecule has 1 unspecified atom stereocenters. The highest BCUT2D eigenvalue weighted by molar-refractivity contribution is 5.90. The van der Waals surface area contributed by atoms with E-state index in [0.29, 0.717) is 24.5 Å². The molecule has 2 amide bonds. The first-order chi connectivity index (χ1) is 9.63. The molecule has 0 bridgehead atoms.